The van der Waals surface area contributed by atoms with Crippen molar-refractivity contribution in [1.29, 1.82) is 0 Å². The number of amides is 15. The van der Waals surface area contributed by atoms with E-state index >= 15 is 0 Å². The van der Waals surface area contributed by atoms with Crippen molar-refractivity contribution in [2.24, 2.45) is 29.2 Å². The van der Waals surface area contributed by atoms with Gasteiger partial charge < -0.3 is 100 Å². The molecule has 0 spiro atoms. The van der Waals surface area contributed by atoms with Crippen molar-refractivity contribution in [3.63, 3.8) is 0 Å². The number of hydrogen-bond donors (Lipinski definition) is 17. The van der Waals surface area contributed by atoms with Crippen LogP contribution in [0.25, 0.3) is 0 Å². The van der Waals surface area contributed by atoms with Gasteiger partial charge in [-0.1, -0.05) is 97.6 Å². The van der Waals surface area contributed by atoms with E-state index in [-0.39, 0.29) is 49.6 Å². The van der Waals surface area contributed by atoms with Crippen LogP contribution in [0.15, 0.2) is 12.5 Å². The molecule has 39 heteroatoms. The molecule has 546 valence electrons. The van der Waals surface area contributed by atoms with E-state index in [1.54, 1.807) is 41.5 Å². The summed E-state index contributed by atoms with van der Waals surface area (Å²) < 4.78 is 0. The number of aliphatic hydroxyl groups is 2. The first-order valence-corrected chi connectivity index (χ1v) is 37.4. The first kappa shape index (κ1) is 81.2. The third-order valence-corrected chi connectivity index (χ3v) is 21.9. The fourth-order valence-electron chi connectivity index (χ4n) is 10.8. The molecule has 4 fully saturated rings. The van der Waals surface area contributed by atoms with Gasteiger partial charge in [-0.15, -0.1) is 0 Å². The van der Waals surface area contributed by atoms with Gasteiger partial charge in [-0.3, -0.25) is 71.9 Å². The number of aromatic amines is 1. The number of primary amides is 1. The van der Waals surface area contributed by atoms with Crippen molar-refractivity contribution in [1.82, 2.24) is 83.6 Å². The second-order valence-corrected chi connectivity index (χ2v) is 29.8. The fraction of sp³-hybridized carbons (Fsp3) is 0.695. The Bertz CT molecular complexity index is 3030. The SMILES string of the molecule is CC[C@H](C)[C@@H]1NC(=O)[C@H](C)NC(=O)[C@H](C)NC(=O)[C@@H]2CSSC[C@H](NC(=O)CN)C(=O)N[C@@H](CSSC[C@@H](C(N)=O)NC(=O)[C@H]([C@@H](C)CC)NC(=O)[C@@H]3CCCN3C(=O)[C@H](CO)NC1=O)C(=O)N[C@@H](CO)C(=O)N[C@@H](Cc1cnc[nH]1)C(=O)N1CCC[C@H]1C(=O)N[C@@H](C(C)C)C(=O)N2. The summed E-state index contributed by atoms with van der Waals surface area (Å²) in [5, 5.41) is 52.0. The molecule has 15 amide bonds. The fourth-order valence-corrected chi connectivity index (χ4v) is 15.4. The average Bonchev–Trinajstić information content (AvgIpc) is 1.65. The van der Waals surface area contributed by atoms with E-state index in [9.17, 15) is 82.1 Å². The molecule has 4 aliphatic rings. The van der Waals surface area contributed by atoms with Crippen molar-refractivity contribution < 1.29 is 82.1 Å². The first-order valence-electron chi connectivity index (χ1n) is 32.4. The summed E-state index contributed by atoms with van der Waals surface area (Å²) >= 11 is 0. The maximum absolute atomic E-state index is 14.7. The van der Waals surface area contributed by atoms with E-state index in [1.165, 1.54) is 31.3 Å². The van der Waals surface area contributed by atoms with Crippen LogP contribution >= 0.6 is 43.2 Å². The topological polar surface area (TPSA) is 528 Å². The highest BCUT2D eigenvalue weighted by atomic mass is 33.1. The second-order valence-electron chi connectivity index (χ2n) is 24.7. The Hall–Kier alpha value is -7.46. The Morgan fingerprint density at radius 2 is 1.00 bits per heavy atom. The summed E-state index contributed by atoms with van der Waals surface area (Å²) in [6.07, 6.45) is 3.88. The molecule has 16 atom stereocenters. The molecule has 4 saturated heterocycles. The summed E-state index contributed by atoms with van der Waals surface area (Å²) in [7, 11) is 3.55. The Balaban J connectivity index is 1.61. The van der Waals surface area contributed by atoms with Gasteiger partial charge in [0.1, 0.15) is 84.6 Å². The molecule has 98 heavy (non-hydrogen) atoms. The zero-order chi connectivity index (χ0) is 72.7. The summed E-state index contributed by atoms with van der Waals surface area (Å²) in [5.41, 5.74) is 11.8. The number of aliphatic hydroxyl groups excluding tert-OH is 2. The van der Waals surface area contributed by atoms with Crippen LogP contribution in [-0.4, -0.2) is 259 Å². The lowest BCUT2D eigenvalue weighted by Crippen LogP contribution is -2.62. The van der Waals surface area contributed by atoms with Gasteiger partial charge in [0.05, 0.1) is 26.1 Å². The van der Waals surface area contributed by atoms with E-state index in [2.05, 4.69) is 73.8 Å². The summed E-state index contributed by atoms with van der Waals surface area (Å²) in [6, 6.07) is -20.5. The third-order valence-electron chi connectivity index (χ3n) is 17.1. The first-order chi connectivity index (χ1) is 46.5. The third kappa shape index (κ3) is 23.1. The molecule has 35 nitrogen and oxygen atoms in total. The lowest BCUT2D eigenvalue weighted by molar-refractivity contribution is -0.143. The minimum absolute atomic E-state index is 0.000525. The normalized spacial score (nSPS) is 29.9. The van der Waals surface area contributed by atoms with Crippen molar-refractivity contribution >= 4 is 132 Å². The Labute approximate surface area is 582 Å². The van der Waals surface area contributed by atoms with Crippen molar-refractivity contribution in [2.75, 3.05) is 55.9 Å². The summed E-state index contributed by atoms with van der Waals surface area (Å²) in [6.45, 7) is 9.91. The molecule has 0 aliphatic carbocycles. The van der Waals surface area contributed by atoms with Gasteiger partial charge >= 0.3 is 0 Å². The molecule has 0 aromatic carbocycles. The zero-order valence-electron chi connectivity index (χ0n) is 55.9. The van der Waals surface area contributed by atoms with Crippen LogP contribution in [-0.2, 0) is 78.3 Å². The van der Waals surface area contributed by atoms with Crippen molar-refractivity contribution in [3.05, 3.63) is 18.2 Å². The number of nitrogens with zero attached hydrogens (tertiary/aromatic N) is 3. The maximum Gasteiger partial charge on any atom is 0.248 e. The molecule has 1 aromatic rings. The minimum atomic E-state index is -1.82. The van der Waals surface area contributed by atoms with E-state index in [0.29, 0.717) is 31.4 Å². The number of fused-ring (bicyclic) bond motifs is 10. The number of carbonyl (C=O) groups excluding carboxylic acids is 15. The number of aromatic nitrogens is 2. The van der Waals surface area contributed by atoms with E-state index in [1.807, 2.05) is 0 Å². The van der Waals surface area contributed by atoms with E-state index in [4.69, 9.17) is 11.5 Å². The lowest BCUT2D eigenvalue weighted by atomic mass is 9.97. The maximum atomic E-state index is 14.7. The highest BCUT2D eigenvalue weighted by Crippen LogP contribution is 2.27. The highest BCUT2D eigenvalue weighted by molar-refractivity contribution is 8.77. The molecule has 0 saturated carbocycles. The Morgan fingerprint density at radius 1 is 0.551 bits per heavy atom. The molecule has 1 aromatic heterocycles. The van der Waals surface area contributed by atoms with E-state index < -0.39 is 216 Å². The van der Waals surface area contributed by atoms with Gasteiger partial charge in [0.15, 0.2) is 0 Å². The number of imidazole rings is 1. The monoisotopic (exact) mass is 1450 g/mol. The molecule has 0 unspecified atom stereocenters. The van der Waals surface area contributed by atoms with Gasteiger partial charge in [0.2, 0.25) is 88.6 Å². The van der Waals surface area contributed by atoms with Gasteiger partial charge in [-0.2, -0.15) is 0 Å². The van der Waals surface area contributed by atoms with Crippen LogP contribution in [0.1, 0.15) is 99.6 Å². The lowest BCUT2D eigenvalue weighted by Gasteiger charge is -2.32. The van der Waals surface area contributed by atoms with Crippen LogP contribution in [0.3, 0.4) is 0 Å². The van der Waals surface area contributed by atoms with Crippen LogP contribution in [0, 0.1) is 17.8 Å². The molecule has 5 heterocycles. The number of H-pyrrole nitrogens is 1. The largest absolute Gasteiger partial charge is 0.394 e. The smallest absolute Gasteiger partial charge is 0.248 e. The second kappa shape index (κ2) is 39.4. The van der Waals surface area contributed by atoms with Crippen molar-refractivity contribution in [3.8, 4) is 0 Å². The van der Waals surface area contributed by atoms with E-state index in [0.717, 1.165) is 48.1 Å². The Kier molecular flexibility index (Phi) is 32.6. The molecule has 0 radical (unpaired) electrons. The summed E-state index contributed by atoms with van der Waals surface area (Å²) in [5.74, 6) is -16.9. The number of nitrogens with one attached hydrogen (secondary N) is 13. The van der Waals surface area contributed by atoms with Crippen LogP contribution in [0.2, 0.25) is 0 Å². The van der Waals surface area contributed by atoms with Crippen LogP contribution in [0.4, 0.5) is 0 Å². The van der Waals surface area contributed by atoms with Crippen LogP contribution < -0.4 is 75.3 Å². The predicted octanol–water partition coefficient (Wildman–Crippen LogP) is -6.24. The molecule has 2 bridgehead atoms. The van der Waals surface area contributed by atoms with Gasteiger partial charge in [0, 0.05) is 54.4 Å². The quantitative estimate of drug-likeness (QED) is 0.0866. The highest BCUT2D eigenvalue weighted by Gasteiger charge is 2.44. The zero-order valence-corrected chi connectivity index (χ0v) is 59.2. The summed E-state index contributed by atoms with van der Waals surface area (Å²) in [4.78, 5) is 221. The van der Waals surface area contributed by atoms with Crippen LogP contribution in [0.5, 0.6) is 0 Å². The standard InChI is InChI=1S/C59H94N18O17S4/c1-9-28(5)44-56(91)69-35(21-79)59(94)77-16-12-14-41(77)54(89)75-45(29(6)10-2)57(92)70-36(46(61)81)22-95-97-25-39-52(87)68-34(20-78)49(84)67-33(17-32-19-62-26-63-32)58(93)76-15-11-13-40(76)53(88)73-43(27(3)4)55(90)72-38(24-98-96-23-37(51(86)71-39)66-42(80)18-60)50(85)65-30(7)47(82)64-31(8)48(83)74-44/h19,26-31,33-41,43-45,78-79H,9-18,20-25,60H2,1-8H3,(H2,61,81)(H,62,63)(H,64,82)(H,65,85)(H,66,80)(H,67,84)(H,68,87)(H,69,91)(H,70,92)(H,71,86)(H,72,90)(H,73,88)(H,74,83)(H,75,89)/t28-,29-,30-,31-,33-,34-,35-,36-,37-,38-,39-,40-,41-,43-,44-,45-/m0/s1. The Morgan fingerprint density at radius 3 is 1.51 bits per heavy atom. The van der Waals surface area contributed by atoms with Gasteiger partial charge in [-0.25, -0.2) is 4.98 Å². The molecule has 19 N–H and O–H groups in total. The predicted molar refractivity (Wildman–Crippen MR) is 362 cm³/mol. The average molecular weight is 1460 g/mol. The number of carbonyl (C=O) groups is 15. The number of rotatable bonds is 12. The minimum Gasteiger partial charge on any atom is -0.394 e. The van der Waals surface area contributed by atoms with Crippen molar-refractivity contribution in [2.45, 2.75) is 185 Å². The van der Waals surface area contributed by atoms with Gasteiger partial charge in [-0.05, 0) is 57.3 Å². The number of nitrogens with two attached hydrogens (primary N) is 2. The van der Waals surface area contributed by atoms with Gasteiger partial charge in [0.25, 0.3) is 0 Å². The number of hydrogen-bond acceptors (Lipinski definition) is 23. The molecular weight excluding hydrogens is 1360 g/mol. The molecule has 4 aliphatic heterocycles. The molecular formula is C59H94N18O17S4. The molecule has 5 rings (SSSR count).